The number of hydrogen-bond donors (Lipinski definition) is 1. The van der Waals surface area contributed by atoms with Gasteiger partial charge >= 0.3 is 0 Å². The molecule has 23 heavy (non-hydrogen) atoms. The fourth-order valence-corrected chi connectivity index (χ4v) is 2.81. The third-order valence-corrected chi connectivity index (χ3v) is 4.05. The summed E-state index contributed by atoms with van der Waals surface area (Å²) in [7, 11) is 0. The Balaban J connectivity index is 1.87. The second kappa shape index (κ2) is 5.25. The van der Waals surface area contributed by atoms with Crippen LogP contribution in [0.4, 0.5) is 0 Å². The van der Waals surface area contributed by atoms with Crippen molar-refractivity contribution in [3.8, 4) is 16.8 Å². The number of pyridine rings is 1. The van der Waals surface area contributed by atoms with E-state index >= 15 is 0 Å². The predicted octanol–water partition coefficient (Wildman–Crippen LogP) is 3.69. The van der Waals surface area contributed by atoms with Gasteiger partial charge in [0.1, 0.15) is 0 Å². The molecule has 4 nitrogen and oxygen atoms in total. The van der Waals surface area contributed by atoms with Crippen molar-refractivity contribution in [2.45, 2.75) is 6.92 Å². The third-order valence-electron chi connectivity index (χ3n) is 4.05. The predicted molar refractivity (Wildman–Crippen MR) is 91.9 cm³/mol. The lowest BCUT2D eigenvalue weighted by molar-refractivity contribution is 1.02. The molecule has 0 atom stereocenters. The van der Waals surface area contributed by atoms with Crippen molar-refractivity contribution < 1.29 is 0 Å². The molecular formula is C19H15N3O. The van der Waals surface area contributed by atoms with E-state index < -0.39 is 0 Å². The van der Waals surface area contributed by atoms with Gasteiger partial charge in [-0.1, -0.05) is 24.3 Å². The van der Waals surface area contributed by atoms with Crippen molar-refractivity contribution in [2.75, 3.05) is 0 Å². The fourth-order valence-electron chi connectivity index (χ4n) is 2.81. The highest BCUT2D eigenvalue weighted by molar-refractivity contribution is 5.94. The topological polar surface area (TPSA) is 50.7 Å². The number of benzene rings is 2. The minimum absolute atomic E-state index is 0.0561. The first kappa shape index (κ1) is 13.5. The van der Waals surface area contributed by atoms with E-state index in [9.17, 15) is 4.79 Å². The van der Waals surface area contributed by atoms with E-state index in [-0.39, 0.29) is 5.43 Å². The molecule has 112 valence electrons. The maximum absolute atomic E-state index is 11.6. The Morgan fingerprint density at radius 1 is 1.09 bits per heavy atom. The van der Waals surface area contributed by atoms with E-state index in [4.69, 9.17) is 0 Å². The molecule has 2 aromatic carbocycles. The van der Waals surface area contributed by atoms with Gasteiger partial charge in [0, 0.05) is 35.1 Å². The molecule has 0 bridgehead atoms. The molecule has 4 rings (SSSR count). The molecule has 0 saturated carbocycles. The number of aromatic nitrogens is 3. The zero-order valence-corrected chi connectivity index (χ0v) is 12.7. The summed E-state index contributed by atoms with van der Waals surface area (Å²) in [5.41, 5.74) is 5.08. The van der Waals surface area contributed by atoms with E-state index in [2.05, 4.69) is 28.4 Å². The van der Waals surface area contributed by atoms with Crippen LogP contribution in [0.2, 0.25) is 0 Å². The minimum atomic E-state index is 0.0561. The zero-order valence-electron chi connectivity index (χ0n) is 12.7. The molecule has 4 heteroatoms. The Labute approximate surface area is 133 Å². The van der Waals surface area contributed by atoms with Gasteiger partial charge in [0.15, 0.2) is 5.43 Å². The van der Waals surface area contributed by atoms with E-state index in [0.717, 1.165) is 33.3 Å². The highest BCUT2D eigenvalue weighted by Gasteiger charge is 2.06. The standard InChI is InChI=1S/C19H15N3O/c1-13-12-22(9-8-19(13)23)15-5-2-4-14(10-15)16-6-3-7-18-17(16)11-20-21-18/h2-12H,1H3,(H,20,21). The number of rotatable bonds is 2. The summed E-state index contributed by atoms with van der Waals surface area (Å²) in [5, 5.41) is 8.22. The molecule has 0 radical (unpaired) electrons. The Morgan fingerprint density at radius 2 is 1.96 bits per heavy atom. The van der Waals surface area contributed by atoms with Gasteiger partial charge in [-0.15, -0.1) is 0 Å². The van der Waals surface area contributed by atoms with Crippen molar-refractivity contribution >= 4 is 10.9 Å². The highest BCUT2D eigenvalue weighted by atomic mass is 16.1. The average molecular weight is 301 g/mol. The van der Waals surface area contributed by atoms with Crippen LogP contribution in [0.1, 0.15) is 5.56 Å². The van der Waals surface area contributed by atoms with Gasteiger partial charge < -0.3 is 4.57 Å². The first-order chi connectivity index (χ1) is 11.2. The molecule has 1 N–H and O–H groups in total. The van der Waals surface area contributed by atoms with Gasteiger partial charge in [-0.05, 0) is 36.2 Å². The number of hydrogen-bond acceptors (Lipinski definition) is 2. The van der Waals surface area contributed by atoms with Crippen molar-refractivity contribution in [1.29, 1.82) is 0 Å². The molecule has 0 unspecified atom stereocenters. The number of aryl methyl sites for hydroxylation is 1. The Kier molecular flexibility index (Phi) is 3.08. The van der Waals surface area contributed by atoms with Gasteiger partial charge in [0.05, 0.1) is 11.7 Å². The maximum atomic E-state index is 11.6. The number of nitrogens with one attached hydrogen (secondary N) is 1. The molecule has 0 aliphatic rings. The van der Waals surface area contributed by atoms with Crippen LogP contribution in [0.25, 0.3) is 27.7 Å². The second-order valence-electron chi connectivity index (χ2n) is 5.59. The molecule has 2 aromatic heterocycles. The minimum Gasteiger partial charge on any atom is -0.323 e. The zero-order chi connectivity index (χ0) is 15.8. The molecular weight excluding hydrogens is 286 g/mol. The van der Waals surface area contributed by atoms with Crippen molar-refractivity contribution in [3.05, 3.63) is 82.9 Å². The van der Waals surface area contributed by atoms with Crippen LogP contribution in [0, 0.1) is 6.92 Å². The molecule has 0 spiro atoms. The molecule has 0 fully saturated rings. The fraction of sp³-hybridized carbons (Fsp3) is 0.0526. The Hall–Kier alpha value is -3.14. The maximum Gasteiger partial charge on any atom is 0.184 e. The van der Waals surface area contributed by atoms with Crippen LogP contribution < -0.4 is 5.43 Å². The van der Waals surface area contributed by atoms with Crippen molar-refractivity contribution in [3.63, 3.8) is 0 Å². The summed E-state index contributed by atoms with van der Waals surface area (Å²) in [6.07, 6.45) is 5.51. The number of nitrogens with zero attached hydrogens (tertiary/aromatic N) is 2. The van der Waals surface area contributed by atoms with Crippen molar-refractivity contribution in [2.24, 2.45) is 0 Å². The van der Waals surface area contributed by atoms with Gasteiger partial charge in [-0.2, -0.15) is 5.10 Å². The van der Waals surface area contributed by atoms with E-state index in [1.165, 1.54) is 0 Å². The lowest BCUT2D eigenvalue weighted by Crippen LogP contribution is -2.07. The summed E-state index contributed by atoms with van der Waals surface area (Å²) >= 11 is 0. The van der Waals surface area contributed by atoms with Gasteiger partial charge in [-0.3, -0.25) is 9.89 Å². The summed E-state index contributed by atoms with van der Waals surface area (Å²) in [4.78, 5) is 11.6. The van der Waals surface area contributed by atoms with E-state index in [1.807, 2.05) is 48.1 Å². The van der Waals surface area contributed by atoms with Crippen LogP contribution in [-0.4, -0.2) is 14.8 Å². The summed E-state index contributed by atoms with van der Waals surface area (Å²) in [5.74, 6) is 0. The van der Waals surface area contributed by atoms with Crippen LogP contribution in [0.5, 0.6) is 0 Å². The largest absolute Gasteiger partial charge is 0.323 e. The number of fused-ring (bicyclic) bond motifs is 1. The van der Waals surface area contributed by atoms with Gasteiger partial charge in [0.2, 0.25) is 0 Å². The van der Waals surface area contributed by atoms with Crippen LogP contribution >= 0.6 is 0 Å². The first-order valence-electron chi connectivity index (χ1n) is 7.44. The normalized spacial score (nSPS) is 11.0. The molecule has 4 aromatic rings. The Morgan fingerprint density at radius 3 is 2.83 bits per heavy atom. The van der Waals surface area contributed by atoms with Gasteiger partial charge in [-0.25, -0.2) is 0 Å². The molecule has 0 amide bonds. The number of H-pyrrole nitrogens is 1. The Bertz CT molecular complexity index is 1060. The van der Waals surface area contributed by atoms with Crippen molar-refractivity contribution in [1.82, 2.24) is 14.8 Å². The van der Waals surface area contributed by atoms with E-state index in [1.54, 1.807) is 12.3 Å². The monoisotopic (exact) mass is 301 g/mol. The summed E-state index contributed by atoms with van der Waals surface area (Å²) in [6, 6.07) is 16.0. The summed E-state index contributed by atoms with van der Waals surface area (Å²) in [6.45, 7) is 1.83. The lowest BCUT2D eigenvalue weighted by atomic mass is 10.0. The molecule has 2 heterocycles. The van der Waals surface area contributed by atoms with Gasteiger partial charge in [0.25, 0.3) is 0 Å². The number of aromatic amines is 1. The van der Waals surface area contributed by atoms with Crippen LogP contribution in [0.15, 0.2) is 71.9 Å². The van der Waals surface area contributed by atoms with Crippen LogP contribution in [0.3, 0.4) is 0 Å². The smallest absolute Gasteiger partial charge is 0.184 e. The molecule has 0 saturated heterocycles. The molecule has 0 aliphatic heterocycles. The highest BCUT2D eigenvalue weighted by Crippen LogP contribution is 2.28. The molecule has 0 aliphatic carbocycles. The third kappa shape index (κ3) is 2.34. The average Bonchev–Trinajstić information content (AvgIpc) is 3.06. The summed E-state index contributed by atoms with van der Waals surface area (Å²) < 4.78 is 1.97. The SMILES string of the molecule is Cc1cn(-c2cccc(-c3cccc4[nH]ncc34)c2)ccc1=O. The van der Waals surface area contributed by atoms with Crippen LogP contribution in [-0.2, 0) is 0 Å². The van der Waals surface area contributed by atoms with E-state index in [0.29, 0.717) is 0 Å². The quantitative estimate of drug-likeness (QED) is 0.614. The lowest BCUT2D eigenvalue weighted by Gasteiger charge is -2.10. The second-order valence-corrected chi connectivity index (χ2v) is 5.59. The first-order valence-corrected chi connectivity index (χ1v) is 7.44.